The van der Waals surface area contributed by atoms with E-state index >= 15 is 0 Å². The number of halogens is 2. The first-order valence-corrected chi connectivity index (χ1v) is 8.77. The summed E-state index contributed by atoms with van der Waals surface area (Å²) in [7, 11) is -4.21. The first kappa shape index (κ1) is 16.9. The fourth-order valence-electron chi connectivity index (χ4n) is 2.59. The summed E-state index contributed by atoms with van der Waals surface area (Å²) in [5.74, 6) is -1.19. The van der Waals surface area contributed by atoms with Crippen LogP contribution in [0.4, 0.5) is 8.78 Å². The van der Waals surface area contributed by atoms with Gasteiger partial charge in [0.25, 0.3) is 0 Å². The van der Waals surface area contributed by atoms with E-state index in [1.165, 1.54) is 0 Å². The van der Waals surface area contributed by atoms with Crippen LogP contribution in [0.25, 0.3) is 0 Å². The third-order valence-corrected chi connectivity index (χ3v) is 5.73. The van der Waals surface area contributed by atoms with E-state index < -0.39 is 26.6 Å². The smallest absolute Gasteiger partial charge is 0.249 e. The first-order chi connectivity index (χ1) is 11.4. The standard InChI is InChI=1S/C14H16F2N4O3S/c1-10-17-13(18-23-10)9-19-5-7-20(8-6-19)24(21,22)14-11(15)3-2-4-12(14)16/h2-4H,5-9H2,1H3. The Hall–Kier alpha value is -1.91. The van der Waals surface area contributed by atoms with E-state index in [0.29, 0.717) is 31.3 Å². The van der Waals surface area contributed by atoms with Gasteiger partial charge in [0.05, 0.1) is 6.54 Å². The molecule has 24 heavy (non-hydrogen) atoms. The summed E-state index contributed by atoms with van der Waals surface area (Å²) in [6, 6.07) is 3.00. The van der Waals surface area contributed by atoms with E-state index in [1.807, 2.05) is 4.90 Å². The van der Waals surface area contributed by atoms with Crippen LogP contribution in [0, 0.1) is 18.6 Å². The van der Waals surface area contributed by atoms with Crippen LogP contribution in [0.5, 0.6) is 0 Å². The summed E-state index contributed by atoms with van der Waals surface area (Å²) in [5, 5.41) is 3.79. The molecule has 0 radical (unpaired) electrons. The fourth-order valence-corrected chi connectivity index (χ4v) is 4.12. The average molecular weight is 358 g/mol. The number of hydrogen-bond acceptors (Lipinski definition) is 6. The van der Waals surface area contributed by atoms with Gasteiger partial charge in [0.1, 0.15) is 11.6 Å². The van der Waals surface area contributed by atoms with Crippen molar-refractivity contribution in [3.8, 4) is 0 Å². The predicted molar refractivity (Wildman–Crippen MR) is 79.4 cm³/mol. The Morgan fingerprint density at radius 1 is 1.17 bits per heavy atom. The van der Waals surface area contributed by atoms with E-state index in [2.05, 4.69) is 10.1 Å². The second-order valence-corrected chi connectivity index (χ2v) is 7.34. The topological polar surface area (TPSA) is 79.5 Å². The molecule has 1 aromatic heterocycles. The van der Waals surface area contributed by atoms with Crippen molar-refractivity contribution >= 4 is 10.0 Å². The highest BCUT2D eigenvalue weighted by Gasteiger charge is 2.33. The van der Waals surface area contributed by atoms with Crippen LogP contribution in [0.1, 0.15) is 11.7 Å². The lowest BCUT2D eigenvalue weighted by Gasteiger charge is -2.33. The molecule has 2 heterocycles. The lowest BCUT2D eigenvalue weighted by atomic mass is 10.3. The summed E-state index contributed by atoms with van der Waals surface area (Å²) in [6.45, 7) is 3.19. The van der Waals surface area contributed by atoms with Crippen molar-refractivity contribution in [3.63, 3.8) is 0 Å². The highest BCUT2D eigenvalue weighted by atomic mass is 32.2. The Labute approximate surface area is 137 Å². The van der Waals surface area contributed by atoms with E-state index in [9.17, 15) is 17.2 Å². The number of hydrogen-bond donors (Lipinski definition) is 0. The zero-order valence-corrected chi connectivity index (χ0v) is 13.8. The van der Waals surface area contributed by atoms with E-state index in [-0.39, 0.29) is 13.1 Å². The van der Waals surface area contributed by atoms with Crippen LogP contribution in [0.2, 0.25) is 0 Å². The number of rotatable bonds is 4. The molecule has 0 spiro atoms. The normalized spacial score (nSPS) is 17.3. The molecule has 0 saturated carbocycles. The van der Waals surface area contributed by atoms with E-state index in [4.69, 9.17) is 4.52 Å². The summed E-state index contributed by atoms with van der Waals surface area (Å²) in [5.41, 5.74) is 0. The maximum Gasteiger partial charge on any atom is 0.249 e. The van der Waals surface area contributed by atoms with Crippen molar-refractivity contribution < 1.29 is 21.7 Å². The molecule has 2 aromatic rings. The van der Waals surface area contributed by atoms with Crippen molar-refractivity contribution in [2.45, 2.75) is 18.4 Å². The molecule has 0 amide bonds. The lowest BCUT2D eigenvalue weighted by Crippen LogP contribution is -2.48. The molecule has 7 nitrogen and oxygen atoms in total. The summed E-state index contributed by atoms with van der Waals surface area (Å²) >= 11 is 0. The van der Waals surface area contributed by atoms with Gasteiger partial charge >= 0.3 is 0 Å². The molecule has 1 aromatic carbocycles. The lowest BCUT2D eigenvalue weighted by molar-refractivity contribution is 0.176. The van der Waals surface area contributed by atoms with Gasteiger partial charge in [-0.3, -0.25) is 4.90 Å². The maximum atomic E-state index is 13.8. The van der Waals surface area contributed by atoms with Gasteiger partial charge in [-0.05, 0) is 12.1 Å². The zero-order chi connectivity index (χ0) is 17.3. The monoisotopic (exact) mass is 358 g/mol. The van der Waals surface area contributed by atoms with Crippen molar-refractivity contribution in [2.24, 2.45) is 0 Å². The van der Waals surface area contributed by atoms with Crippen molar-refractivity contribution in [3.05, 3.63) is 41.5 Å². The van der Waals surface area contributed by atoms with Crippen molar-refractivity contribution in [1.82, 2.24) is 19.3 Å². The predicted octanol–water partition coefficient (Wildman–Crippen LogP) is 1.16. The third-order valence-electron chi connectivity index (χ3n) is 3.78. The van der Waals surface area contributed by atoms with Crippen LogP contribution >= 0.6 is 0 Å². The van der Waals surface area contributed by atoms with Gasteiger partial charge in [-0.25, -0.2) is 17.2 Å². The summed E-state index contributed by atoms with van der Waals surface area (Å²) in [4.78, 5) is 5.15. The molecule has 0 aliphatic carbocycles. The molecular formula is C14H16F2N4O3S. The van der Waals surface area contributed by atoms with Gasteiger partial charge in [-0.1, -0.05) is 11.2 Å². The quantitative estimate of drug-likeness (QED) is 0.816. The Balaban J connectivity index is 1.69. The van der Waals surface area contributed by atoms with Gasteiger partial charge in [0.2, 0.25) is 15.9 Å². The molecule has 0 unspecified atom stereocenters. The number of aromatic nitrogens is 2. The van der Waals surface area contributed by atoms with Gasteiger partial charge in [0.15, 0.2) is 10.7 Å². The SMILES string of the molecule is Cc1nc(CN2CCN(S(=O)(=O)c3c(F)cccc3F)CC2)no1. The fraction of sp³-hybridized carbons (Fsp3) is 0.429. The Morgan fingerprint density at radius 3 is 2.33 bits per heavy atom. The maximum absolute atomic E-state index is 13.8. The minimum atomic E-state index is -4.21. The van der Waals surface area contributed by atoms with E-state index in [1.54, 1.807) is 6.92 Å². The molecule has 3 rings (SSSR count). The zero-order valence-electron chi connectivity index (χ0n) is 12.9. The van der Waals surface area contributed by atoms with E-state index in [0.717, 1.165) is 22.5 Å². The molecule has 0 bridgehead atoms. The Kier molecular flexibility index (Phi) is 4.61. The molecule has 0 atom stereocenters. The molecule has 130 valence electrons. The third kappa shape index (κ3) is 3.30. The number of sulfonamides is 1. The molecule has 0 N–H and O–H groups in total. The van der Waals surface area contributed by atoms with Crippen molar-refractivity contribution in [2.75, 3.05) is 26.2 Å². The van der Waals surface area contributed by atoms with Gasteiger partial charge in [0, 0.05) is 33.1 Å². The van der Waals surface area contributed by atoms with Crippen LogP contribution in [-0.2, 0) is 16.6 Å². The van der Waals surface area contributed by atoms with Crippen LogP contribution in [-0.4, -0.2) is 53.9 Å². The molecule has 1 fully saturated rings. The summed E-state index contributed by atoms with van der Waals surface area (Å²) < 4.78 is 58.5. The largest absolute Gasteiger partial charge is 0.340 e. The Bertz CT molecular complexity index is 812. The second-order valence-electron chi connectivity index (χ2n) is 5.46. The molecule has 1 saturated heterocycles. The number of piperazine rings is 1. The van der Waals surface area contributed by atoms with Crippen molar-refractivity contribution in [1.29, 1.82) is 0 Å². The molecule has 1 aliphatic rings. The highest BCUT2D eigenvalue weighted by Crippen LogP contribution is 2.23. The van der Waals surface area contributed by atoms with Gasteiger partial charge in [-0.15, -0.1) is 0 Å². The number of benzene rings is 1. The number of aryl methyl sites for hydroxylation is 1. The average Bonchev–Trinajstić information content (AvgIpc) is 2.92. The van der Waals surface area contributed by atoms with Crippen LogP contribution in [0.15, 0.2) is 27.6 Å². The molecule has 1 aliphatic heterocycles. The highest BCUT2D eigenvalue weighted by molar-refractivity contribution is 7.89. The molecular weight excluding hydrogens is 342 g/mol. The molecule has 10 heteroatoms. The van der Waals surface area contributed by atoms with Gasteiger partial charge in [-0.2, -0.15) is 9.29 Å². The first-order valence-electron chi connectivity index (χ1n) is 7.33. The minimum Gasteiger partial charge on any atom is -0.340 e. The van der Waals surface area contributed by atoms with Crippen LogP contribution < -0.4 is 0 Å². The minimum absolute atomic E-state index is 0.132. The second kappa shape index (κ2) is 6.54. The number of nitrogens with zero attached hydrogens (tertiary/aromatic N) is 4. The summed E-state index contributed by atoms with van der Waals surface area (Å²) in [6.07, 6.45) is 0. The van der Waals surface area contributed by atoms with Crippen LogP contribution in [0.3, 0.4) is 0 Å². The Morgan fingerprint density at radius 2 is 1.79 bits per heavy atom. The van der Waals surface area contributed by atoms with Gasteiger partial charge < -0.3 is 4.52 Å².